The Bertz CT molecular complexity index is 527. The second-order valence-electron chi connectivity index (χ2n) is 4.61. The molecule has 0 amide bonds. The Morgan fingerprint density at radius 3 is 2.59 bits per heavy atom. The smallest absolute Gasteiger partial charge is 0.0774 e. The van der Waals surface area contributed by atoms with E-state index in [9.17, 15) is 0 Å². The van der Waals surface area contributed by atoms with Crippen molar-refractivity contribution in [1.82, 2.24) is 0 Å². The molecule has 0 fully saturated rings. The summed E-state index contributed by atoms with van der Waals surface area (Å²) in [5.74, 6) is 0. The van der Waals surface area contributed by atoms with Crippen LogP contribution in [0.25, 0.3) is 10.4 Å². The summed E-state index contributed by atoms with van der Waals surface area (Å²) >= 11 is 1.69. The van der Waals surface area contributed by atoms with Crippen molar-refractivity contribution in [2.75, 3.05) is 0 Å². The highest BCUT2D eigenvalue weighted by Crippen LogP contribution is 2.31. The van der Waals surface area contributed by atoms with Crippen molar-refractivity contribution in [3.05, 3.63) is 46.3 Å². The van der Waals surface area contributed by atoms with Gasteiger partial charge < -0.3 is 5.11 Å². The summed E-state index contributed by atoms with van der Waals surface area (Å²) in [5.41, 5.74) is 4.35. The van der Waals surface area contributed by atoms with Gasteiger partial charge in [-0.3, -0.25) is 0 Å². The van der Waals surface area contributed by atoms with Crippen molar-refractivity contribution in [3.63, 3.8) is 0 Å². The number of hydrogen-bond donors (Lipinski definition) is 1. The quantitative estimate of drug-likeness (QED) is 0.852. The Labute approximate surface area is 106 Å². The van der Waals surface area contributed by atoms with E-state index in [2.05, 4.69) is 24.3 Å². The molecule has 1 aromatic heterocycles. The first-order valence-electron chi connectivity index (χ1n) is 6.18. The molecule has 1 aromatic carbocycles. The molecule has 3 rings (SSSR count). The van der Waals surface area contributed by atoms with E-state index in [4.69, 9.17) is 5.11 Å². The van der Waals surface area contributed by atoms with Gasteiger partial charge in [-0.15, -0.1) is 11.3 Å². The molecule has 2 heteroatoms. The lowest BCUT2D eigenvalue weighted by atomic mass is 9.90. The Balaban J connectivity index is 1.97. The third-order valence-electron chi connectivity index (χ3n) is 3.45. The predicted molar refractivity (Wildman–Crippen MR) is 72.3 cm³/mol. The number of aliphatic hydroxyl groups excluding tert-OH is 1. The van der Waals surface area contributed by atoms with Gasteiger partial charge in [-0.25, -0.2) is 0 Å². The van der Waals surface area contributed by atoms with Crippen LogP contribution in [-0.4, -0.2) is 5.11 Å². The maximum absolute atomic E-state index is 9.10. The molecule has 88 valence electrons. The highest BCUT2D eigenvalue weighted by atomic mass is 32.1. The normalized spacial score (nSPS) is 14.6. The van der Waals surface area contributed by atoms with Crippen LogP contribution in [0.1, 0.15) is 28.8 Å². The monoisotopic (exact) mass is 244 g/mol. The summed E-state index contributed by atoms with van der Waals surface area (Å²) in [7, 11) is 0. The van der Waals surface area contributed by atoms with Crippen LogP contribution in [0.3, 0.4) is 0 Å². The lowest BCUT2D eigenvalue weighted by Gasteiger charge is -2.16. The van der Waals surface area contributed by atoms with E-state index in [0.29, 0.717) is 0 Å². The Kier molecular flexibility index (Phi) is 3.00. The van der Waals surface area contributed by atoms with Crippen LogP contribution in [0.15, 0.2) is 30.3 Å². The molecular formula is C15H16OS. The van der Waals surface area contributed by atoms with Crippen molar-refractivity contribution in [1.29, 1.82) is 0 Å². The topological polar surface area (TPSA) is 20.2 Å². The first-order chi connectivity index (χ1) is 8.36. The number of benzene rings is 1. The summed E-state index contributed by atoms with van der Waals surface area (Å²) in [4.78, 5) is 2.31. The Morgan fingerprint density at radius 1 is 1.00 bits per heavy atom. The Hall–Kier alpha value is -1.12. The van der Waals surface area contributed by atoms with Gasteiger partial charge in [0.2, 0.25) is 0 Å². The third-order valence-corrected chi connectivity index (χ3v) is 4.57. The standard InChI is InChI=1S/C15H16OS/c16-10-14-7-8-15(17-14)13-6-5-11-3-1-2-4-12(11)9-13/h5-9,16H,1-4,10H2. The second-order valence-corrected chi connectivity index (χ2v) is 5.78. The molecule has 0 radical (unpaired) electrons. The van der Waals surface area contributed by atoms with Crippen molar-refractivity contribution >= 4 is 11.3 Å². The van der Waals surface area contributed by atoms with Crippen molar-refractivity contribution < 1.29 is 5.11 Å². The van der Waals surface area contributed by atoms with Crippen molar-refractivity contribution in [3.8, 4) is 10.4 Å². The predicted octanol–water partition coefficient (Wildman–Crippen LogP) is 3.79. The van der Waals surface area contributed by atoms with E-state index in [-0.39, 0.29) is 6.61 Å². The van der Waals surface area contributed by atoms with Gasteiger partial charge in [0, 0.05) is 9.75 Å². The molecule has 17 heavy (non-hydrogen) atoms. The van der Waals surface area contributed by atoms with Gasteiger partial charge in [-0.2, -0.15) is 0 Å². The van der Waals surface area contributed by atoms with E-state index >= 15 is 0 Å². The molecule has 0 spiro atoms. The fourth-order valence-electron chi connectivity index (χ4n) is 2.50. The number of hydrogen-bond acceptors (Lipinski definition) is 2. The van der Waals surface area contributed by atoms with Crippen LogP contribution in [0.5, 0.6) is 0 Å². The van der Waals surface area contributed by atoms with E-state index in [1.54, 1.807) is 11.3 Å². The first-order valence-corrected chi connectivity index (χ1v) is 7.00. The molecule has 0 bridgehead atoms. The van der Waals surface area contributed by atoms with Crippen LogP contribution in [0, 0.1) is 0 Å². The number of thiophene rings is 1. The highest BCUT2D eigenvalue weighted by molar-refractivity contribution is 7.15. The third kappa shape index (κ3) is 2.15. The molecule has 1 heterocycles. The summed E-state index contributed by atoms with van der Waals surface area (Å²) in [6.07, 6.45) is 5.12. The maximum Gasteiger partial charge on any atom is 0.0774 e. The summed E-state index contributed by atoms with van der Waals surface area (Å²) < 4.78 is 0. The van der Waals surface area contributed by atoms with Gasteiger partial charge in [0.15, 0.2) is 0 Å². The SMILES string of the molecule is OCc1ccc(-c2ccc3c(c2)CCCC3)s1. The van der Waals surface area contributed by atoms with Crippen LogP contribution in [0.2, 0.25) is 0 Å². The average molecular weight is 244 g/mol. The molecule has 1 N–H and O–H groups in total. The van der Waals surface area contributed by atoms with Crippen LogP contribution < -0.4 is 0 Å². The molecule has 0 unspecified atom stereocenters. The van der Waals surface area contributed by atoms with E-state index < -0.39 is 0 Å². The van der Waals surface area contributed by atoms with E-state index in [1.807, 2.05) is 6.07 Å². The van der Waals surface area contributed by atoms with Gasteiger partial charge in [-0.05, 0) is 54.5 Å². The van der Waals surface area contributed by atoms with E-state index in [1.165, 1.54) is 47.3 Å². The zero-order valence-electron chi connectivity index (χ0n) is 9.78. The largest absolute Gasteiger partial charge is 0.391 e. The number of rotatable bonds is 2. The second kappa shape index (κ2) is 4.63. The molecule has 0 saturated heterocycles. The minimum Gasteiger partial charge on any atom is -0.391 e. The van der Waals surface area contributed by atoms with Gasteiger partial charge in [-0.1, -0.05) is 18.2 Å². The fraction of sp³-hybridized carbons (Fsp3) is 0.333. The molecule has 2 aromatic rings. The van der Waals surface area contributed by atoms with Crippen molar-refractivity contribution in [2.24, 2.45) is 0 Å². The molecule has 0 saturated carbocycles. The first kappa shape index (κ1) is 11.0. The van der Waals surface area contributed by atoms with E-state index in [0.717, 1.165) is 4.88 Å². The summed E-state index contributed by atoms with van der Waals surface area (Å²) in [6, 6.07) is 11.0. The minimum absolute atomic E-state index is 0.148. The average Bonchev–Trinajstić information content (AvgIpc) is 2.87. The zero-order chi connectivity index (χ0) is 11.7. The Morgan fingerprint density at radius 2 is 1.82 bits per heavy atom. The van der Waals surface area contributed by atoms with Gasteiger partial charge in [0.25, 0.3) is 0 Å². The minimum atomic E-state index is 0.148. The van der Waals surface area contributed by atoms with Crippen LogP contribution in [0.4, 0.5) is 0 Å². The zero-order valence-corrected chi connectivity index (χ0v) is 10.6. The van der Waals surface area contributed by atoms with Gasteiger partial charge in [0.1, 0.15) is 0 Å². The fourth-order valence-corrected chi connectivity index (χ4v) is 3.37. The van der Waals surface area contributed by atoms with Gasteiger partial charge in [0.05, 0.1) is 6.61 Å². The summed E-state index contributed by atoms with van der Waals surface area (Å²) in [5, 5.41) is 9.10. The molecule has 1 aliphatic carbocycles. The lowest BCUT2D eigenvalue weighted by molar-refractivity contribution is 0.285. The van der Waals surface area contributed by atoms with Crippen LogP contribution in [-0.2, 0) is 19.4 Å². The molecule has 0 atom stereocenters. The highest BCUT2D eigenvalue weighted by Gasteiger charge is 2.10. The molecule has 0 aliphatic heterocycles. The number of fused-ring (bicyclic) bond motifs is 1. The van der Waals surface area contributed by atoms with Crippen molar-refractivity contribution in [2.45, 2.75) is 32.3 Å². The number of aryl methyl sites for hydroxylation is 2. The van der Waals surface area contributed by atoms with Gasteiger partial charge >= 0.3 is 0 Å². The lowest BCUT2D eigenvalue weighted by Crippen LogP contribution is -2.01. The molecule has 1 nitrogen and oxygen atoms in total. The van der Waals surface area contributed by atoms with Crippen LogP contribution >= 0.6 is 11.3 Å². The molecule has 1 aliphatic rings. The number of aliphatic hydroxyl groups is 1. The maximum atomic E-state index is 9.10. The summed E-state index contributed by atoms with van der Waals surface area (Å²) in [6.45, 7) is 0.148. The molecular weight excluding hydrogens is 228 g/mol.